The lowest BCUT2D eigenvalue weighted by Gasteiger charge is -2.17. The highest BCUT2D eigenvalue weighted by Crippen LogP contribution is 2.21. The Hall–Kier alpha value is -1.36. The van der Waals surface area contributed by atoms with Gasteiger partial charge in [-0.1, -0.05) is 32.6 Å². The maximum absolute atomic E-state index is 5.43. The van der Waals surface area contributed by atoms with Gasteiger partial charge in [-0.3, -0.25) is 0 Å². The zero-order chi connectivity index (χ0) is 12.8. The van der Waals surface area contributed by atoms with Crippen LogP contribution in [0.2, 0.25) is 0 Å². The zero-order valence-corrected chi connectivity index (χ0v) is 11.1. The fourth-order valence-corrected chi connectivity index (χ4v) is 2.44. The number of anilines is 2. The molecule has 5 nitrogen and oxygen atoms in total. The van der Waals surface area contributed by atoms with Crippen LogP contribution in [0.3, 0.4) is 0 Å². The molecule has 0 aliphatic heterocycles. The van der Waals surface area contributed by atoms with Crippen molar-refractivity contribution in [2.24, 2.45) is 5.84 Å². The van der Waals surface area contributed by atoms with Crippen molar-refractivity contribution in [2.75, 3.05) is 10.7 Å². The van der Waals surface area contributed by atoms with Gasteiger partial charge in [0.1, 0.15) is 17.5 Å². The Balaban J connectivity index is 2.06. The SMILES string of the molecule is CCc1nc(NN)cc(NC2CCCCCC2)n1. The zero-order valence-electron chi connectivity index (χ0n) is 11.1. The van der Waals surface area contributed by atoms with E-state index in [1.54, 1.807) is 0 Å². The normalized spacial score (nSPS) is 17.2. The first kappa shape index (κ1) is 13.1. The molecule has 4 N–H and O–H groups in total. The maximum Gasteiger partial charge on any atom is 0.145 e. The number of rotatable bonds is 4. The average Bonchev–Trinajstić information content (AvgIpc) is 2.67. The number of nitrogens with one attached hydrogen (secondary N) is 2. The van der Waals surface area contributed by atoms with E-state index in [-0.39, 0.29) is 0 Å². The van der Waals surface area contributed by atoms with Crippen LogP contribution in [0.25, 0.3) is 0 Å². The van der Waals surface area contributed by atoms with Crippen LogP contribution in [-0.4, -0.2) is 16.0 Å². The highest BCUT2D eigenvalue weighted by molar-refractivity contribution is 5.47. The number of aromatic nitrogens is 2. The Labute approximate surface area is 109 Å². The Morgan fingerprint density at radius 2 is 1.83 bits per heavy atom. The second-order valence-corrected chi connectivity index (χ2v) is 4.89. The lowest BCUT2D eigenvalue weighted by atomic mass is 10.1. The van der Waals surface area contributed by atoms with Crippen molar-refractivity contribution >= 4 is 11.6 Å². The highest BCUT2D eigenvalue weighted by Gasteiger charge is 2.13. The van der Waals surface area contributed by atoms with Gasteiger partial charge in [0, 0.05) is 18.5 Å². The fraction of sp³-hybridized carbons (Fsp3) is 0.692. The van der Waals surface area contributed by atoms with Crippen LogP contribution in [-0.2, 0) is 6.42 Å². The molecule has 1 aliphatic rings. The summed E-state index contributed by atoms with van der Waals surface area (Å²) in [4.78, 5) is 8.80. The van der Waals surface area contributed by atoms with Crippen LogP contribution in [0.1, 0.15) is 51.3 Å². The van der Waals surface area contributed by atoms with Gasteiger partial charge < -0.3 is 10.7 Å². The molecule has 0 amide bonds. The van der Waals surface area contributed by atoms with Gasteiger partial charge in [0.05, 0.1) is 0 Å². The minimum atomic E-state index is 0.540. The molecular formula is C13H23N5. The Morgan fingerprint density at radius 3 is 2.44 bits per heavy atom. The van der Waals surface area contributed by atoms with Crippen LogP contribution in [0.5, 0.6) is 0 Å². The van der Waals surface area contributed by atoms with Gasteiger partial charge in [-0.15, -0.1) is 0 Å². The van der Waals surface area contributed by atoms with E-state index >= 15 is 0 Å². The van der Waals surface area contributed by atoms with Crippen molar-refractivity contribution in [2.45, 2.75) is 57.9 Å². The molecule has 0 unspecified atom stereocenters. The first-order chi connectivity index (χ1) is 8.81. The topological polar surface area (TPSA) is 75.9 Å². The molecule has 0 saturated heterocycles. The number of hydrogen-bond acceptors (Lipinski definition) is 5. The lowest BCUT2D eigenvalue weighted by molar-refractivity contribution is 0.617. The minimum Gasteiger partial charge on any atom is -0.367 e. The molecule has 18 heavy (non-hydrogen) atoms. The first-order valence-electron chi connectivity index (χ1n) is 6.93. The largest absolute Gasteiger partial charge is 0.367 e. The van der Waals surface area contributed by atoms with Gasteiger partial charge in [0.15, 0.2) is 0 Å². The van der Waals surface area contributed by atoms with Crippen LogP contribution in [0.4, 0.5) is 11.6 Å². The summed E-state index contributed by atoms with van der Waals surface area (Å²) in [7, 11) is 0. The van der Waals surface area contributed by atoms with Crippen molar-refractivity contribution in [1.29, 1.82) is 0 Å². The molecule has 2 rings (SSSR count). The number of hydrogen-bond donors (Lipinski definition) is 3. The summed E-state index contributed by atoms with van der Waals surface area (Å²) >= 11 is 0. The molecule has 1 aromatic heterocycles. The molecule has 0 atom stereocenters. The number of nitrogens with two attached hydrogens (primary N) is 1. The van der Waals surface area contributed by atoms with Gasteiger partial charge in [-0.05, 0) is 12.8 Å². The van der Waals surface area contributed by atoms with Crippen molar-refractivity contribution < 1.29 is 0 Å². The fourth-order valence-electron chi connectivity index (χ4n) is 2.44. The molecule has 0 aromatic carbocycles. The smallest absolute Gasteiger partial charge is 0.145 e. The van der Waals surface area contributed by atoms with Gasteiger partial charge in [-0.2, -0.15) is 0 Å². The second-order valence-electron chi connectivity index (χ2n) is 4.89. The van der Waals surface area contributed by atoms with E-state index in [1.807, 2.05) is 13.0 Å². The van der Waals surface area contributed by atoms with Gasteiger partial charge in [0.25, 0.3) is 0 Å². The average molecular weight is 249 g/mol. The van der Waals surface area contributed by atoms with E-state index in [2.05, 4.69) is 20.7 Å². The number of aryl methyl sites for hydroxylation is 1. The molecule has 1 heterocycles. The molecule has 1 aliphatic carbocycles. The van der Waals surface area contributed by atoms with Crippen molar-refractivity contribution in [3.05, 3.63) is 11.9 Å². The molecule has 5 heteroatoms. The summed E-state index contributed by atoms with van der Waals surface area (Å²) in [5, 5.41) is 3.52. The van der Waals surface area contributed by atoms with E-state index < -0.39 is 0 Å². The predicted molar refractivity (Wildman–Crippen MR) is 74.3 cm³/mol. The van der Waals surface area contributed by atoms with Crippen molar-refractivity contribution in [3.63, 3.8) is 0 Å². The summed E-state index contributed by atoms with van der Waals surface area (Å²) in [6.07, 6.45) is 8.62. The Morgan fingerprint density at radius 1 is 1.17 bits per heavy atom. The third-order valence-electron chi connectivity index (χ3n) is 3.44. The van der Waals surface area contributed by atoms with Gasteiger partial charge in [0.2, 0.25) is 0 Å². The molecule has 1 aromatic rings. The monoisotopic (exact) mass is 249 g/mol. The highest BCUT2D eigenvalue weighted by atomic mass is 15.3. The van der Waals surface area contributed by atoms with Crippen LogP contribution < -0.4 is 16.6 Å². The van der Waals surface area contributed by atoms with E-state index in [1.165, 1.54) is 38.5 Å². The Bertz CT molecular complexity index is 349. The van der Waals surface area contributed by atoms with Crippen LogP contribution in [0.15, 0.2) is 6.07 Å². The number of nitrogens with zero attached hydrogens (tertiary/aromatic N) is 2. The summed E-state index contributed by atoms with van der Waals surface area (Å²) in [5.41, 5.74) is 2.60. The van der Waals surface area contributed by atoms with Crippen LogP contribution in [0, 0.1) is 0 Å². The second kappa shape index (κ2) is 6.54. The summed E-state index contributed by atoms with van der Waals surface area (Å²) in [6, 6.07) is 2.42. The first-order valence-corrected chi connectivity index (χ1v) is 6.93. The molecule has 1 fully saturated rings. The molecule has 0 spiro atoms. The lowest BCUT2D eigenvalue weighted by Crippen LogP contribution is -2.20. The van der Waals surface area contributed by atoms with Gasteiger partial charge >= 0.3 is 0 Å². The predicted octanol–water partition coefficient (Wildman–Crippen LogP) is 2.46. The third kappa shape index (κ3) is 3.57. The summed E-state index contributed by atoms with van der Waals surface area (Å²) in [5.74, 6) is 7.82. The van der Waals surface area contributed by atoms with E-state index in [4.69, 9.17) is 5.84 Å². The molecular weight excluding hydrogens is 226 g/mol. The Kier molecular flexibility index (Phi) is 4.75. The van der Waals surface area contributed by atoms with E-state index in [0.717, 1.165) is 18.1 Å². The molecule has 1 saturated carbocycles. The standard InChI is InChI=1S/C13H23N5/c1-2-11-16-12(9-13(17-11)18-14)15-10-7-5-3-4-6-8-10/h9-10H,2-8,14H2,1H3,(H2,15,16,17,18). The molecule has 100 valence electrons. The summed E-state index contributed by atoms with van der Waals surface area (Å²) < 4.78 is 0. The maximum atomic E-state index is 5.43. The number of nitrogen functional groups attached to an aromatic ring is 1. The number of hydrazine groups is 1. The summed E-state index contributed by atoms with van der Waals surface area (Å²) in [6.45, 7) is 2.05. The van der Waals surface area contributed by atoms with Crippen molar-refractivity contribution in [1.82, 2.24) is 9.97 Å². The molecule has 0 bridgehead atoms. The van der Waals surface area contributed by atoms with E-state index in [0.29, 0.717) is 11.9 Å². The minimum absolute atomic E-state index is 0.540. The quantitative estimate of drug-likeness (QED) is 0.434. The third-order valence-corrected chi connectivity index (χ3v) is 3.44. The van der Waals surface area contributed by atoms with Crippen molar-refractivity contribution in [3.8, 4) is 0 Å². The van der Waals surface area contributed by atoms with Crippen LogP contribution >= 0.6 is 0 Å². The van der Waals surface area contributed by atoms with E-state index in [9.17, 15) is 0 Å². The van der Waals surface area contributed by atoms with Gasteiger partial charge in [-0.25, -0.2) is 15.8 Å². The molecule has 0 radical (unpaired) electrons.